The first kappa shape index (κ1) is 14.3. The van der Waals surface area contributed by atoms with Crippen LogP contribution in [0, 0.1) is 13.8 Å². The van der Waals surface area contributed by atoms with E-state index < -0.39 is 10.0 Å². The molecule has 0 aliphatic carbocycles. The van der Waals surface area contributed by atoms with Crippen molar-refractivity contribution in [1.29, 1.82) is 0 Å². The van der Waals surface area contributed by atoms with Crippen molar-refractivity contribution in [2.45, 2.75) is 33.6 Å². The first-order valence-corrected chi connectivity index (χ1v) is 7.61. The van der Waals surface area contributed by atoms with Gasteiger partial charge in [0.25, 0.3) is 0 Å². The highest BCUT2D eigenvalue weighted by Gasteiger charge is 2.09. The predicted octanol–water partition coefficient (Wildman–Crippen LogP) is 1.51. The molecule has 0 spiro atoms. The Morgan fingerprint density at radius 2 is 2.00 bits per heavy atom. The van der Waals surface area contributed by atoms with Gasteiger partial charge in [-0.15, -0.1) is 0 Å². The molecule has 1 N–H and O–H groups in total. The van der Waals surface area contributed by atoms with Gasteiger partial charge in [-0.3, -0.25) is 0 Å². The van der Waals surface area contributed by atoms with Gasteiger partial charge >= 0.3 is 0 Å². The van der Waals surface area contributed by atoms with Crippen LogP contribution in [0.15, 0.2) is 6.07 Å². The number of rotatable bonds is 6. The van der Waals surface area contributed by atoms with Crippen molar-refractivity contribution in [3.8, 4) is 0 Å². The van der Waals surface area contributed by atoms with Crippen LogP contribution < -0.4 is 4.72 Å². The largest absolute Gasteiger partial charge is 0.352 e. The number of aryl methyl sites for hydroxylation is 1. The van der Waals surface area contributed by atoms with E-state index in [2.05, 4.69) is 29.2 Å². The Hall–Kier alpha value is -0.810. The maximum atomic E-state index is 11.5. The fraction of sp³-hybridized carbons (Fsp3) is 0.667. The fourth-order valence-corrected chi connectivity index (χ4v) is 2.96. The van der Waals surface area contributed by atoms with Crippen LogP contribution in [0.5, 0.6) is 0 Å². The molecule has 0 radical (unpaired) electrons. The van der Waals surface area contributed by atoms with E-state index in [1.54, 1.807) is 0 Å². The third kappa shape index (κ3) is 3.85. The third-order valence-corrected chi connectivity index (χ3v) is 4.66. The van der Waals surface area contributed by atoms with Crippen LogP contribution in [0.3, 0.4) is 0 Å². The second kappa shape index (κ2) is 5.69. The molecule has 0 amide bonds. The van der Waals surface area contributed by atoms with Gasteiger partial charge in [0.1, 0.15) is 0 Å². The Morgan fingerprint density at radius 3 is 2.47 bits per heavy atom. The monoisotopic (exact) mass is 258 g/mol. The highest BCUT2D eigenvalue weighted by molar-refractivity contribution is 7.89. The van der Waals surface area contributed by atoms with E-state index in [1.807, 2.05) is 14.0 Å². The summed E-state index contributed by atoms with van der Waals surface area (Å²) < 4.78 is 27.7. The normalized spacial score (nSPS) is 12.0. The molecule has 4 nitrogen and oxygen atoms in total. The standard InChI is InChI=1S/C12H22N2O2S/c1-5-8-17(15,16)13-7-6-12-9-10(2)14(4)11(12)3/h9,13H,5-8H2,1-4H3. The van der Waals surface area contributed by atoms with Gasteiger partial charge in [-0.1, -0.05) is 6.92 Å². The maximum absolute atomic E-state index is 11.5. The molecule has 0 aliphatic heterocycles. The van der Waals surface area contributed by atoms with Gasteiger partial charge in [-0.2, -0.15) is 0 Å². The minimum absolute atomic E-state index is 0.208. The van der Waals surface area contributed by atoms with Gasteiger partial charge in [-0.25, -0.2) is 13.1 Å². The van der Waals surface area contributed by atoms with Crippen LogP contribution in [-0.4, -0.2) is 25.3 Å². The Kier molecular flexibility index (Phi) is 4.77. The number of hydrogen-bond donors (Lipinski definition) is 1. The second-order valence-corrected chi connectivity index (χ2v) is 6.35. The second-order valence-electron chi connectivity index (χ2n) is 4.42. The summed E-state index contributed by atoms with van der Waals surface area (Å²) in [5.41, 5.74) is 3.62. The number of nitrogens with zero attached hydrogens (tertiary/aromatic N) is 1. The summed E-state index contributed by atoms with van der Waals surface area (Å²) >= 11 is 0. The van der Waals surface area contributed by atoms with E-state index in [9.17, 15) is 8.42 Å². The van der Waals surface area contributed by atoms with E-state index >= 15 is 0 Å². The van der Waals surface area contributed by atoms with Crippen molar-refractivity contribution in [1.82, 2.24) is 9.29 Å². The van der Waals surface area contributed by atoms with Crippen molar-refractivity contribution in [3.05, 3.63) is 23.0 Å². The lowest BCUT2D eigenvalue weighted by molar-refractivity contribution is 0.580. The lowest BCUT2D eigenvalue weighted by Gasteiger charge is -2.05. The third-order valence-electron chi connectivity index (χ3n) is 3.07. The summed E-state index contributed by atoms with van der Waals surface area (Å²) in [5.74, 6) is 0.208. The quantitative estimate of drug-likeness (QED) is 0.841. The topological polar surface area (TPSA) is 51.1 Å². The minimum Gasteiger partial charge on any atom is -0.352 e. The van der Waals surface area contributed by atoms with Crippen molar-refractivity contribution in [2.24, 2.45) is 7.05 Å². The molecule has 1 aromatic heterocycles. The molecule has 0 aliphatic rings. The molecule has 0 bridgehead atoms. The molecular weight excluding hydrogens is 236 g/mol. The molecule has 0 fully saturated rings. The summed E-state index contributed by atoms with van der Waals surface area (Å²) in [6.07, 6.45) is 1.40. The first-order chi connectivity index (χ1) is 7.87. The molecule has 1 rings (SSSR count). The van der Waals surface area contributed by atoms with Crippen molar-refractivity contribution in [2.75, 3.05) is 12.3 Å². The van der Waals surface area contributed by atoms with Crippen LogP contribution >= 0.6 is 0 Å². The zero-order valence-electron chi connectivity index (χ0n) is 11.1. The summed E-state index contributed by atoms with van der Waals surface area (Å²) in [6, 6.07) is 2.11. The Labute approximate surface area is 104 Å². The number of sulfonamides is 1. The van der Waals surface area contributed by atoms with Gasteiger partial charge in [0, 0.05) is 25.0 Å². The minimum atomic E-state index is -3.07. The average molecular weight is 258 g/mol. The summed E-state index contributed by atoms with van der Waals surface area (Å²) in [4.78, 5) is 0. The maximum Gasteiger partial charge on any atom is 0.211 e. The van der Waals surface area contributed by atoms with Crippen LogP contribution in [0.2, 0.25) is 0 Å². The molecule has 0 saturated heterocycles. The van der Waals surface area contributed by atoms with Gasteiger partial charge < -0.3 is 4.57 Å². The lowest BCUT2D eigenvalue weighted by Crippen LogP contribution is -2.28. The molecule has 1 aromatic rings. The molecule has 0 saturated carbocycles. The van der Waals surface area contributed by atoms with Gasteiger partial charge in [-0.05, 0) is 38.3 Å². The number of aromatic nitrogens is 1. The zero-order valence-corrected chi connectivity index (χ0v) is 11.9. The Bertz CT molecular complexity index is 475. The molecule has 0 aromatic carbocycles. The summed E-state index contributed by atoms with van der Waals surface area (Å²) in [5, 5.41) is 0. The zero-order chi connectivity index (χ0) is 13.1. The smallest absolute Gasteiger partial charge is 0.211 e. The Morgan fingerprint density at radius 1 is 1.35 bits per heavy atom. The molecule has 98 valence electrons. The first-order valence-electron chi connectivity index (χ1n) is 5.96. The summed E-state index contributed by atoms with van der Waals surface area (Å²) in [7, 11) is -1.05. The number of nitrogens with one attached hydrogen (secondary N) is 1. The van der Waals surface area contributed by atoms with E-state index in [0.717, 1.165) is 6.42 Å². The van der Waals surface area contributed by atoms with Gasteiger partial charge in [0.15, 0.2) is 0 Å². The van der Waals surface area contributed by atoms with Crippen LogP contribution in [0.25, 0.3) is 0 Å². The van der Waals surface area contributed by atoms with E-state index in [1.165, 1.54) is 17.0 Å². The van der Waals surface area contributed by atoms with Crippen LogP contribution in [-0.2, 0) is 23.5 Å². The average Bonchev–Trinajstić information content (AvgIpc) is 2.46. The van der Waals surface area contributed by atoms with Gasteiger partial charge in [0.2, 0.25) is 10.0 Å². The molecule has 17 heavy (non-hydrogen) atoms. The molecular formula is C12H22N2O2S. The van der Waals surface area contributed by atoms with Gasteiger partial charge in [0.05, 0.1) is 5.75 Å². The fourth-order valence-electron chi connectivity index (χ4n) is 1.87. The highest BCUT2D eigenvalue weighted by atomic mass is 32.2. The van der Waals surface area contributed by atoms with Crippen molar-refractivity contribution >= 4 is 10.0 Å². The predicted molar refractivity (Wildman–Crippen MR) is 70.7 cm³/mol. The molecule has 0 atom stereocenters. The summed E-state index contributed by atoms with van der Waals surface area (Å²) in [6.45, 7) is 6.46. The SMILES string of the molecule is CCCS(=O)(=O)NCCc1cc(C)n(C)c1C. The van der Waals surface area contributed by atoms with E-state index in [-0.39, 0.29) is 5.75 Å². The molecule has 5 heteroatoms. The number of hydrogen-bond acceptors (Lipinski definition) is 2. The molecule has 0 unspecified atom stereocenters. The highest BCUT2D eigenvalue weighted by Crippen LogP contribution is 2.13. The molecule has 1 heterocycles. The van der Waals surface area contributed by atoms with Crippen molar-refractivity contribution in [3.63, 3.8) is 0 Å². The van der Waals surface area contributed by atoms with Crippen molar-refractivity contribution < 1.29 is 8.42 Å². The van der Waals surface area contributed by atoms with E-state index in [0.29, 0.717) is 13.0 Å². The Balaban J connectivity index is 2.55. The van der Waals surface area contributed by atoms with Crippen LogP contribution in [0.1, 0.15) is 30.3 Å². The lowest BCUT2D eigenvalue weighted by atomic mass is 10.2. The van der Waals surface area contributed by atoms with Crippen LogP contribution in [0.4, 0.5) is 0 Å². The van der Waals surface area contributed by atoms with E-state index in [4.69, 9.17) is 0 Å².